The molecule has 5 nitrogen and oxygen atoms in total. The lowest BCUT2D eigenvalue weighted by atomic mass is 9.95. The summed E-state index contributed by atoms with van der Waals surface area (Å²) in [5.41, 5.74) is 0.184. The molecule has 1 amide bonds. The van der Waals surface area contributed by atoms with Crippen molar-refractivity contribution in [3.63, 3.8) is 0 Å². The summed E-state index contributed by atoms with van der Waals surface area (Å²) in [6.07, 6.45) is 2.23. The van der Waals surface area contributed by atoms with Crippen molar-refractivity contribution in [1.29, 1.82) is 0 Å². The van der Waals surface area contributed by atoms with Crippen LogP contribution < -0.4 is 5.32 Å². The molecule has 1 atom stereocenters. The standard InChI is InChI=1S/C17H18BrF2N3O2/c1-17(2,3)25-16(24)22-7-13(15-14(18)8-21-9-23-15)10-4-11(19)6-12(20)5-10/h4-6,8-9,13H,7H2,1-3H3,(H,22,24). The number of ether oxygens (including phenoxy) is 1. The zero-order valence-electron chi connectivity index (χ0n) is 14.0. The molecule has 2 aromatic rings. The van der Waals surface area contributed by atoms with Gasteiger partial charge >= 0.3 is 6.09 Å². The maximum atomic E-state index is 13.6. The van der Waals surface area contributed by atoms with Gasteiger partial charge in [0.25, 0.3) is 0 Å². The highest BCUT2D eigenvalue weighted by atomic mass is 79.9. The minimum absolute atomic E-state index is 0.0490. The second-order valence-electron chi connectivity index (χ2n) is 6.39. The predicted octanol–water partition coefficient (Wildman–Crippen LogP) is 4.17. The SMILES string of the molecule is CC(C)(C)OC(=O)NCC(c1cc(F)cc(F)c1)c1ncncc1Br. The van der Waals surface area contributed by atoms with Crippen molar-refractivity contribution in [2.45, 2.75) is 32.3 Å². The average Bonchev–Trinajstić information content (AvgIpc) is 2.46. The summed E-state index contributed by atoms with van der Waals surface area (Å²) in [6.45, 7) is 5.28. The van der Waals surface area contributed by atoms with E-state index in [1.54, 1.807) is 20.8 Å². The smallest absolute Gasteiger partial charge is 0.407 e. The van der Waals surface area contributed by atoms with Crippen molar-refractivity contribution >= 4 is 22.0 Å². The van der Waals surface area contributed by atoms with Gasteiger partial charge in [-0.05, 0) is 54.4 Å². The van der Waals surface area contributed by atoms with Gasteiger partial charge < -0.3 is 10.1 Å². The van der Waals surface area contributed by atoms with Crippen molar-refractivity contribution < 1.29 is 18.3 Å². The molecule has 0 aliphatic rings. The van der Waals surface area contributed by atoms with E-state index in [0.717, 1.165) is 6.07 Å². The van der Waals surface area contributed by atoms with Gasteiger partial charge in [-0.1, -0.05) is 0 Å². The van der Waals surface area contributed by atoms with E-state index in [-0.39, 0.29) is 6.54 Å². The summed E-state index contributed by atoms with van der Waals surface area (Å²) in [6, 6.07) is 3.20. The molecule has 1 unspecified atom stereocenters. The third-order valence-electron chi connectivity index (χ3n) is 3.16. The first-order valence-electron chi connectivity index (χ1n) is 7.54. The average molecular weight is 414 g/mol. The molecule has 0 saturated carbocycles. The van der Waals surface area contributed by atoms with Crippen LogP contribution in [-0.4, -0.2) is 28.2 Å². The number of carbonyl (C=O) groups excluding carboxylic acids is 1. The maximum absolute atomic E-state index is 13.6. The second kappa shape index (κ2) is 7.86. The maximum Gasteiger partial charge on any atom is 0.407 e. The summed E-state index contributed by atoms with van der Waals surface area (Å²) in [4.78, 5) is 20.0. The minimum atomic E-state index is -0.706. The van der Waals surface area contributed by atoms with Gasteiger partial charge in [0.05, 0.1) is 10.2 Å². The molecule has 1 N–H and O–H groups in total. The van der Waals surface area contributed by atoms with E-state index in [1.807, 2.05) is 0 Å². The van der Waals surface area contributed by atoms with Crippen LogP contribution in [0.1, 0.15) is 37.9 Å². The van der Waals surface area contributed by atoms with Crippen molar-refractivity contribution in [3.8, 4) is 0 Å². The molecule has 0 spiro atoms. The highest BCUT2D eigenvalue weighted by Gasteiger charge is 2.23. The Morgan fingerprint density at radius 3 is 2.48 bits per heavy atom. The number of hydrogen-bond acceptors (Lipinski definition) is 4. The lowest BCUT2D eigenvalue weighted by Crippen LogP contribution is -2.35. The van der Waals surface area contributed by atoms with E-state index in [0.29, 0.717) is 15.7 Å². The van der Waals surface area contributed by atoms with Gasteiger partial charge in [0.1, 0.15) is 23.6 Å². The molecular weight excluding hydrogens is 396 g/mol. The van der Waals surface area contributed by atoms with E-state index < -0.39 is 29.2 Å². The lowest BCUT2D eigenvalue weighted by Gasteiger charge is -2.22. The van der Waals surface area contributed by atoms with Crippen molar-refractivity contribution in [2.75, 3.05) is 6.54 Å². The van der Waals surface area contributed by atoms with Crippen LogP contribution in [0.5, 0.6) is 0 Å². The highest BCUT2D eigenvalue weighted by molar-refractivity contribution is 9.10. The van der Waals surface area contributed by atoms with E-state index in [4.69, 9.17) is 4.74 Å². The molecule has 1 heterocycles. The molecule has 0 aliphatic carbocycles. The van der Waals surface area contributed by atoms with Crippen molar-refractivity contribution in [2.24, 2.45) is 0 Å². The zero-order chi connectivity index (χ0) is 18.6. The van der Waals surface area contributed by atoms with Crippen LogP contribution in [0.15, 0.2) is 35.2 Å². The van der Waals surface area contributed by atoms with Crippen LogP contribution in [0, 0.1) is 11.6 Å². The number of aromatic nitrogens is 2. The van der Waals surface area contributed by atoms with Crippen LogP contribution in [-0.2, 0) is 4.74 Å². The van der Waals surface area contributed by atoms with Crippen molar-refractivity contribution in [3.05, 3.63) is 58.1 Å². The Morgan fingerprint density at radius 1 is 1.28 bits per heavy atom. The largest absolute Gasteiger partial charge is 0.444 e. The summed E-state index contributed by atoms with van der Waals surface area (Å²) in [7, 11) is 0. The molecule has 1 aromatic carbocycles. The zero-order valence-corrected chi connectivity index (χ0v) is 15.6. The van der Waals surface area contributed by atoms with Gasteiger partial charge in [-0.3, -0.25) is 0 Å². The number of benzene rings is 1. The topological polar surface area (TPSA) is 64.1 Å². The minimum Gasteiger partial charge on any atom is -0.444 e. The van der Waals surface area contributed by atoms with Gasteiger partial charge in [0.2, 0.25) is 0 Å². The first kappa shape index (κ1) is 19.2. The number of hydrogen-bond donors (Lipinski definition) is 1. The molecule has 0 fully saturated rings. The fourth-order valence-electron chi connectivity index (χ4n) is 2.23. The van der Waals surface area contributed by atoms with Gasteiger partial charge in [0.15, 0.2) is 0 Å². The van der Waals surface area contributed by atoms with Crippen LogP contribution in [0.2, 0.25) is 0 Å². The number of nitrogens with zero attached hydrogens (tertiary/aromatic N) is 2. The Bertz CT molecular complexity index is 746. The van der Waals surface area contributed by atoms with Gasteiger partial charge in [-0.15, -0.1) is 0 Å². The highest BCUT2D eigenvalue weighted by Crippen LogP contribution is 2.29. The molecule has 134 valence electrons. The Balaban J connectivity index is 2.30. The van der Waals surface area contributed by atoms with Crippen LogP contribution >= 0.6 is 15.9 Å². The van der Waals surface area contributed by atoms with E-state index in [9.17, 15) is 13.6 Å². The number of halogens is 3. The summed E-state index contributed by atoms with van der Waals surface area (Å²) in [5, 5.41) is 2.62. The lowest BCUT2D eigenvalue weighted by molar-refractivity contribution is 0.0526. The molecule has 0 bridgehead atoms. The molecule has 8 heteroatoms. The van der Waals surface area contributed by atoms with E-state index in [1.165, 1.54) is 24.7 Å². The van der Waals surface area contributed by atoms with Crippen LogP contribution in [0.4, 0.5) is 13.6 Å². The molecule has 0 aliphatic heterocycles. The fraction of sp³-hybridized carbons (Fsp3) is 0.353. The number of alkyl carbamates (subject to hydrolysis) is 1. The van der Waals surface area contributed by atoms with E-state index in [2.05, 4.69) is 31.2 Å². The molecular formula is C17H18BrF2N3O2. The Labute approximate surface area is 153 Å². The predicted molar refractivity (Wildman–Crippen MR) is 92.2 cm³/mol. The molecule has 1 aromatic heterocycles. The van der Waals surface area contributed by atoms with E-state index >= 15 is 0 Å². The number of amides is 1. The monoisotopic (exact) mass is 413 g/mol. The summed E-state index contributed by atoms with van der Waals surface area (Å²) in [5.74, 6) is -2.00. The Morgan fingerprint density at radius 2 is 1.92 bits per heavy atom. The summed E-state index contributed by atoms with van der Waals surface area (Å²) < 4.78 is 33.0. The third-order valence-corrected chi connectivity index (χ3v) is 3.77. The first-order chi connectivity index (χ1) is 11.7. The Hall–Kier alpha value is -2.09. The summed E-state index contributed by atoms with van der Waals surface area (Å²) >= 11 is 3.33. The third kappa shape index (κ3) is 5.74. The second-order valence-corrected chi connectivity index (χ2v) is 7.25. The molecule has 2 rings (SSSR count). The first-order valence-corrected chi connectivity index (χ1v) is 8.33. The molecule has 25 heavy (non-hydrogen) atoms. The Kier molecular flexibility index (Phi) is 6.05. The molecule has 0 saturated heterocycles. The quantitative estimate of drug-likeness (QED) is 0.816. The normalized spacial score (nSPS) is 12.6. The van der Waals surface area contributed by atoms with Gasteiger partial charge in [-0.2, -0.15) is 0 Å². The van der Waals surface area contributed by atoms with Gasteiger partial charge in [-0.25, -0.2) is 23.5 Å². The van der Waals surface area contributed by atoms with Crippen molar-refractivity contribution in [1.82, 2.24) is 15.3 Å². The number of rotatable bonds is 4. The van der Waals surface area contributed by atoms with Gasteiger partial charge in [0, 0.05) is 24.7 Å². The number of carbonyl (C=O) groups is 1. The van der Waals surface area contributed by atoms with Crippen LogP contribution in [0.3, 0.4) is 0 Å². The number of nitrogens with one attached hydrogen (secondary N) is 1. The van der Waals surface area contributed by atoms with Crippen LogP contribution in [0.25, 0.3) is 0 Å². The molecule has 0 radical (unpaired) electrons. The fourth-order valence-corrected chi connectivity index (χ4v) is 2.72.